The van der Waals surface area contributed by atoms with Crippen molar-refractivity contribution in [2.45, 2.75) is 52.6 Å². The van der Waals surface area contributed by atoms with Crippen molar-refractivity contribution in [2.75, 3.05) is 13.7 Å². The van der Waals surface area contributed by atoms with Gasteiger partial charge in [-0.3, -0.25) is 14.9 Å². The van der Waals surface area contributed by atoms with E-state index in [1.54, 1.807) is 6.92 Å². The number of rotatable bonds is 8. The summed E-state index contributed by atoms with van der Waals surface area (Å²) in [6, 6.07) is -0.865. The predicted octanol–water partition coefficient (Wildman–Crippen LogP) is 1.08. The highest BCUT2D eigenvalue weighted by Crippen LogP contribution is 2.05. The van der Waals surface area contributed by atoms with E-state index in [0.717, 1.165) is 12.8 Å². The summed E-state index contributed by atoms with van der Waals surface area (Å²) in [5.41, 5.74) is 0. The number of hydrogen-bond donors (Lipinski definition) is 2. The number of carbonyl (C=O) groups is 2. The number of carbonyl (C=O) groups excluding carboxylic acids is 2. The van der Waals surface area contributed by atoms with Crippen LogP contribution in [0.4, 0.5) is 0 Å². The van der Waals surface area contributed by atoms with Gasteiger partial charge < -0.3 is 10.1 Å². The highest BCUT2D eigenvalue weighted by Gasteiger charge is 2.26. The first-order chi connectivity index (χ1) is 8.43. The Hall–Kier alpha value is -1.10. The van der Waals surface area contributed by atoms with Gasteiger partial charge in [-0.2, -0.15) is 0 Å². The summed E-state index contributed by atoms with van der Waals surface area (Å²) in [6.45, 7) is 8.32. The van der Waals surface area contributed by atoms with E-state index in [-0.39, 0.29) is 17.8 Å². The van der Waals surface area contributed by atoms with E-state index in [1.807, 2.05) is 13.8 Å². The van der Waals surface area contributed by atoms with Crippen molar-refractivity contribution in [1.29, 1.82) is 0 Å². The molecule has 1 amide bonds. The van der Waals surface area contributed by atoms with Crippen LogP contribution in [-0.2, 0) is 14.3 Å². The van der Waals surface area contributed by atoms with Gasteiger partial charge in [0.1, 0.15) is 6.04 Å². The molecule has 0 saturated heterocycles. The molecular formula is C13H26N2O3. The molecule has 2 N–H and O–H groups in total. The van der Waals surface area contributed by atoms with Crippen LogP contribution < -0.4 is 10.6 Å². The minimum Gasteiger partial charge on any atom is -0.468 e. The molecule has 0 aliphatic heterocycles. The molecule has 0 heterocycles. The lowest BCUT2D eigenvalue weighted by Gasteiger charge is -2.23. The van der Waals surface area contributed by atoms with E-state index in [4.69, 9.17) is 4.74 Å². The second-order valence-electron chi connectivity index (χ2n) is 4.78. The summed E-state index contributed by atoms with van der Waals surface area (Å²) in [7, 11) is 1.35. The van der Waals surface area contributed by atoms with Gasteiger partial charge in [0.05, 0.1) is 13.2 Å². The first-order valence-corrected chi connectivity index (χ1v) is 6.55. The maximum Gasteiger partial charge on any atom is 0.323 e. The first kappa shape index (κ1) is 16.9. The second kappa shape index (κ2) is 8.91. The fraction of sp³-hybridized carbons (Fsp3) is 0.846. The Kier molecular flexibility index (Phi) is 8.37. The van der Waals surface area contributed by atoms with Crippen LogP contribution in [0.2, 0.25) is 0 Å². The van der Waals surface area contributed by atoms with Crippen molar-refractivity contribution in [1.82, 2.24) is 10.6 Å². The van der Waals surface area contributed by atoms with Crippen LogP contribution in [0.25, 0.3) is 0 Å². The first-order valence-electron chi connectivity index (χ1n) is 6.55. The summed E-state index contributed by atoms with van der Waals surface area (Å²) in [6.07, 6.45) is 2.00. The highest BCUT2D eigenvalue weighted by atomic mass is 16.5. The molecule has 0 fully saturated rings. The predicted molar refractivity (Wildman–Crippen MR) is 71.2 cm³/mol. The van der Waals surface area contributed by atoms with Gasteiger partial charge in [0, 0.05) is 6.54 Å². The molecule has 18 heavy (non-hydrogen) atoms. The fourth-order valence-corrected chi connectivity index (χ4v) is 1.55. The van der Waals surface area contributed by atoms with Gasteiger partial charge in [-0.15, -0.1) is 0 Å². The standard InChI is InChI=1S/C13H26N2O3/c1-6-7-8-14-12(16)10(4)15-11(9(2)3)13(17)18-5/h9-11,15H,6-8H2,1-5H3,(H,14,16). The van der Waals surface area contributed by atoms with E-state index >= 15 is 0 Å². The molecule has 0 saturated carbocycles. The molecule has 0 spiro atoms. The molecule has 0 aromatic heterocycles. The van der Waals surface area contributed by atoms with Crippen molar-refractivity contribution >= 4 is 11.9 Å². The Morgan fingerprint density at radius 2 is 1.83 bits per heavy atom. The number of esters is 1. The second-order valence-corrected chi connectivity index (χ2v) is 4.78. The number of nitrogens with one attached hydrogen (secondary N) is 2. The third-order valence-electron chi connectivity index (χ3n) is 2.77. The molecule has 0 rings (SSSR count). The zero-order valence-corrected chi connectivity index (χ0v) is 12.1. The van der Waals surface area contributed by atoms with Gasteiger partial charge in [-0.25, -0.2) is 0 Å². The Bertz CT molecular complexity index is 267. The van der Waals surface area contributed by atoms with Crippen molar-refractivity contribution in [3.63, 3.8) is 0 Å². The molecule has 0 radical (unpaired) electrons. The Morgan fingerprint density at radius 3 is 2.28 bits per heavy atom. The molecule has 5 heteroatoms. The molecule has 0 aliphatic rings. The van der Waals surface area contributed by atoms with E-state index in [0.29, 0.717) is 6.54 Å². The van der Waals surface area contributed by atoms with Gasteiger partial charge >= 0.3 is 5.97 Å². The van der Waals surface area contributed by atoms with Gasteiger partial charge in [-0.1, -0.05) is 27.2 Å². The van der Waals surface area contributed by atoms with Crippen molar-refractivity contribution in [3.8, 4) is 0 Å². The minimum absolute atomic E-state index is 0.0725. The SMILES string of the molecule is CCCCNC(=O)C(C)NC(C(=O)OC)C(C)C. The fourth-order valence-electron chi connectivity index (χ4n) is 1.55. The maximum absolute atomic E-state index is 11.8. The summed E-state index contributed by atoms with van der Waals surface area (Å²) in [5.74, 6) is -0.348. The summed E-state index contributed by atoms with van der Waals surface area (Å²) in [5, 5.41) is 5.84. The molecule has 0 bridgehead atoms. The number of hydrogen-bond acceptors (Lipinski definition) is 4. The van der Waals surface area contributed by atoms with Crippen LogP contribution in [-0.4, -0.2) is 37.6 Å². The van der Waals surface area contributed by atoms with Crippen molar-refractivity contribution in [3.05, 3.63) is 0 Å². The van der Waals surface area contributed by atoms with E-state index in [9.17, 15) is 9.59 Å². The monoisotopic (exact) mass is 258 g/mol. The highest BCUT2D eigenvalue weighted by molar-refractivity contribution is 5.83. The van der Waals surface area contributed by atoms with Crippen LogP contribution in [0.15, 0.2) is 0 Å². The summed E-state index contributed by atoms with van der Waals surface area (Å²) < 4.78 is 4.72. The molecule has 2 unspecified atom stereocenters. The average molecular weight is 258 g/mol. The molecule has 0 aromatic carbocycles. The van der Waals surface area contributed by atoms with Gasteiger partial charge in [0.15, 0.2) is 0 Å². The average Bonchev–Trinajstić information content (AvgIpc) is 2.34. The van der Waals surface area contributed by atoms with Gasteiger partial charge in [0.25, 0.3) is 0 Å². The number of amides is 1. The molecule has 0 aliphatic carbocycles. The number of methoxy groups -OCH3 is 1. The smallest absolute Gasteiger partial charge is 0.323 e. The topological polar surface area (TPSA) is 67.4 Å². The van der Waals surface area contributed by atoms with Crippen LogP contribution in [0, 0.1) is 5.92 Å². The lowest BCUT2D eigenvalue weighted by Crippen LogP contribution is -2.51. The molecule has 106 valence electrons. The van der Waals surface area contributed by atoms with Gasteiger partial charge in [-0.05, 0) is 19.3 Å². The van der Waals surface area contributed by atoms with Crippen LogP contribution in [0.5, 0.6) is 0 Å². The van der Waals surface area contributed by atoms with Crippen LogP contribution in [0.1, 0.15) is 40.5 Å². The minimum atomic E-state index is -0.457. The molecule has 2 atom stereocenters. The number of ether oxygens (including phenoxy) is 1. The van der Waals surface area contributed by atoms with Crippen molar-refractivity contribution in [2.24, 2.45) is 5.92 Å². The Labute approximate surface area is 110 Å². The molecule has 0 aromatic rings. The number of unbranched alkanes of at least 4 members (excludes halogenated alkanes) is 1. The third-order valence-corrected chi connectivity index (χ3v) is 2.77. The lowest BCUT2D eigenvalue weighted by atomic mass is 10.0. The Morgan fingerprint density at radius 1 is 1.22 bits per heavy atom. The van der Waals surface area contributed by atoms with E-state index in [1.165, 1.54) is 7.11 Å². The zero-order valence-electron chi connectivity index (χ0n) is 12.1. The maximum atomic E-state index is 11.8. The van der Waals surface area contributed by atoms with E-state index in [2.05, 4.69) is 17.6 Å². The van der Waals surface area contributed by atoms with E-state index < -0.39 is 12.1 Å². The van der Waals surface area contributed by atoms with Crippen molar-refractivity contribution < 1.29 is 14.3 Å². The Balaban J connectivity index is 4.28. The normalized spacial score (nSPS) is 14.1. The third kappa shape index (κ3) is 6.00. The summed E-state index contributed by atoms with van der Waals surface area (Å²) >= 11 is 0. The quantitative estimate of drug-likeness (QED) is 0.505. The molecule has 5 nitrogen and oxygen atoms in total. The largest absolute Gasteiger partial charge is 0.468 e. The van der Waals surface area contributed by atoms with Crippen LogP contribution in [0.3, 0.4) is 0 Å². The summed E-state index contributed by atoms with van der Waals surface area (Å²) in [4.78, 5) is 23.3. The van der Waals surface area contributed by atoms with Gasteiger partial charge in [0.2, 0.25) is 5.91 Å². The lowest BCUT2D eigenvalue weighted by molar-refractivity contribution is -0.144. The van der Waals surface area contributed by atoms with Crippen LogP contribution >= 0.6 is 0 Å². The molecular weight excluding hydrogens is 232 g/mol. The zero-order chi connectivity index (χ0) is 14.1.